The Kier molecular flexibility index (Phi) is 6.01. The molecule has 1 aliphatic carbocycles. The van der Waals surface area contributed by atoms with Crippen molar-refractivity contribution < 1.29 is 8.83 Å². The molecule has 13 rings (SSSR count). The number of anilines is 3. The van der Waals surface area contributed by atoms with E-state index in [4.69, 9.17) is 8.83 Å². The second-order valence-electron chi connectivity index (χ2n) is 15.2. The van der Waals surface area contributed by atoms with Crippen molar-refractivity contribution in [1.29, 1.82) is 0 Å². The number of furan rings is 2. The van der Waals surface area contributed by atoms with E-state index >= 15 is 0 Å². The zero-order valence-electron chi connectivity index (χ0n) is 30.1. The molecule has 0 fully saturated rings. The summed E-state index contributed by atoms with van der Waals surface area (Å²) in [7, 11) is -2.82. The van der Waals surface area contributed by atoms with Gasteiger partial charge in [-0.25, -0.2) is 0 Å². The molecule has 0 saturated carbocycles. The lowest BCUT2D eigenvalue weighted by Crippen LogP contribution is -2.73. The predicted octanol–water partition coefficient (Wildman–Crippen LogP) is 10.7. The van der Waals surface area contributed by atoms with E-state index in [0.717, 1.165) is 34.0 Å². The van der Waals surface area contributed by atoms with Crippen molar-refractivity contribution in [3.63, 3.8) is 0 Å². The SMILES string of the molecule is c1ccc([Si]2(c3ccccc3)c3ccccc3-c3cc4c(cc32)C2(c3ccccc3N4c3ccc4sc5ccccc5c4c3)c3ccoc3-c3occc32)cc1. The maximum atomic E-state index is 6.34. The van der Waals surface area contributed by atoms with E-state index < -0.39 is 13.5 Å². The van der Waals surface area contributed by atoms with Gasteiger partial charge in [0.05, 0.1) is 29.3 Å². The standard InChI is InChI=1S/C51H31NO2SSi/c1-3-13-33(14-4-1)56(34-15-5-2-6-16-34)47-22-12-8-18-36(47)38-30-44-42(31-48(38)56)51(40-25-27-53-49(40)50-41(51)26-28-54-50)39-19-9-10-20-43(39)52(44)32-23-24-46-37(29-32)35-17-7-11-21-45(35)55-46/h1-31H. The molecule has 56 heavy (non-hydrogen) atoms. The van der Waals surface area contributed by atoms with Gasteiger partial charge in [0.25, 0.3) is 0 Å². The molecule has 0 amide bonds. The normalized spacial score (nSPS) is 15.0. The van der Waals surface area contributed by atoms with Gasteiger partial charge in [-0.3, -0.25) is 0 Å². The summed E-state index contributed by atoms with van der Waals surface area (Å²) in [6, 6.07) is 66.0. The zero-order chi connectivity index (χ0) is 36.6. The van der Waals surface area contributed by atoms with Gasteiger partial charge in [0, 0.05) is 37.0 Å². The van der Waals surface area contributed by atoms with E-state index in [1.807, 2.05) is 23.9 Å². The Morgan fingerprint density at radius 2 is 1.09 bits per heavy atom. The molecule has 0 saturated heterocycles. The van der Waals surface area contributed by atoms with E-state index in [9.17, 15) is 0 Å². The van der Waals surface area contributed by atoms with Gasteiger partial charge in [-0.15, -0.1) is 11.3 Å². The van der Waals surface area contributed by atoms with Gasteiger partial charge < -0.3 is 13.7 Å². The lowest BCUT2D eigenvalue weighted by atomic mass is 9.65. The van der Waals surface area contributed by atoms with Crippen LogP contribution in [0.15, 0.2) is 197 Å². The monoisotopic (exact) mass is 749 g/mol. The van der Waals surface area contributed by atoms with Gasteiger partial charge in [-0.05, 0) is 91.5 Å². The molecular formula is C51H31NO2SSi. The fourth-order valence-electron chi connectivity index (χ4n) is 10.6. The minimum Gasteiger partial charge on any atom is -0.461 e. The van der Waals surface area contributed by atoms with Crippen LogP contribution in [0.4, 0.5) is 17.1 Å². The van der Waals surface area contributed by atoms with E-state index in [2.05, 4.69) is 181 Å². The van der Waals surface area contributed by atoms with Crippen LogP contribution < -0.4 is 25.6 Å². The molecule has 0 radical (unpaired) electrons. The van der Waals surface area contributed by atoms with Gasteiger partial charge in [-0.2, -0.15) is 0 Å². The molecule has 7 aromatic carbocycles. The molecular weight excluding hydrogens is 719 g/mol. The highest BCUT2D eigenvalue weighted by atomic mass is 32.1. The summed E-state index contributed by atoms with van der Waals surface area (Å²) >= 11 is 1.86. The lowest BCUT2D eigenvalue weighted by molar-refractivity contribution is 0.525. The van der Waals surface area contributed by atoms with Crippen molar-refractivity contribution in [2.45, 2.75) is 5.41 Å². The molecule has 3 aromatic heterocycles. The number of rotatable bonds is 3. The van der Waals surface area contributed by atoms with Crippen molar-refractivity contribution in [3.8, 4) is 22.6 Å². The number of hydrogen-bond acceptors (Lipinski definition) is 4. The van der Waals surface area contributed by atoms with Crippen LogP contribution in [0.5, 0.6) is 0 Å². The molecule has 3 nitrogen and oxygen atoms in total. The Bertz CT molecular complexity index is 3150. The van der Waals surface area contributed by atoms with Crippen molar-refractivity contribution in [3.05, 3.63) is 211 Å². The summed E-state index contributed by atoms with van der Waals surface area (Å²) < 4.78 is 15.3. The topological polar surface area (TPSA) is 29.5 Å². The van der Waals surface area contributed by atoms with Crippen LogP contribution in [0.25, 0.3) is 42.8 Å². The first-order valence-electron chi connectivity index (χ1n) is 19.1. The summed E-state index contributed by atoms with van der Waals surface area (Å²) in [5.74, 6) is 1.62. The summed E-state index contributed by atoms with van der Waals surface area (Å²) in [4.78, 5) is 2.52. The average molecular weight is 750 g/mol. The highest BCUT2D eigenvalue weighted by molar-refractivity contribution is 7.25. The minimum atomic E-state index is -2.82. The number of thiophene rings is 1. The van der Waals surface area contributed by atoms with Crippen molar-refractivity contribution in [2.24, 2.45) is 0 Å². The third-order valence-electron chi connectivity index (χ3n) is 12.7. The Labute approximate surface area is 328 Å². The van der Waals surface area contributed by atoms with E-state index in [1.165, 1.54) is 68.9 Å². The lowest BCUT2D eigenvalue weighted by Gasteiger charge is -2.45. The van der Waals surface area contributed by atoms with E-state index in [-0.39, 0.29) is 0 Å². The van der Waals surface area contributed by atoms with Gasteiger partial charge in [0.1, 0.15) is 0 Å². The van der Waals surface area contributed by atoms with Crippen LogP contribution in [0.2, 0.25) is 0 Å². The number of para-hydroxylation sites is 1. The highest BCUT2D eigenvalue weighted by Gasteiger charge is 2.57. The summed E-state index contributed by atoms with van der Waals surface area (Å²) in [6.45, 7) is 0. The number of nitrogens with zero attached hydrogens (tertiary/aromatic N) is 1. The molecule has 5 heterocycles. The van der Waals surface area contributed by atoms with Gasteiger partial charge in [0.2, 0.25) is 0 Å². The second kappa shape index (κ2) is 11.0. The molecule has 0 atom stereocenters. The number of fused-ring (bicyclic) bond motifs is 15. The van der Waals surface area contributed by atoms with Crippen LogP contribution in [0, 0.1) is 0 Å². The quantitative estimate of drug-likeness (QED) is 0.169. The first-order chi connectivity index (χ1) is 27.8. The van der Waals surface area contributed by atoms with E-state index in [1.54, 1.807) is 0 Å². The van der Waals surface area contributed by atoms with Gasteiger partial charge in [-0.1, -0.05) is 127 Å². The molecule has 0 N–H and O–H groups in total. The Morgan fingerprint density at radius 3 is 1.86 bits per heavy atom. The molecule has 5 heteroatoms. The first-order valence-corrected chi connectivity index (χ1v) is 22.0. The molecule has 2 aliphatic heterocycles. The number of benzene rings is 7. The molecule has 262 valence electrons. The minimum absolute atomic E-state index is 0.663. The summed E-state index contributed by atoms with van der Waals surface area (Å²) in [5.41, 5.74) is 10.1. The molecule has 10 aromatic rings. The average Bonchev–Trinajstić information content (AvgIpc) is 4.09. The molecule has 0 unspecified atom stereocenters. The largest absolute Gasteiger partial charge is 0.461 e. The zero-order valence-corrected chi connectivity index (χ0v) is 31.9. The Hall–Kier alpha value is -6.66. The van der Waals surface area contributed by atoms with Crippen molar-refractivity contribution in [1.82, 2.24) is 0 Å². The highest BCUT2D eigenvalue weighted by Crippen LogP contribution is 2.64. The van der Waals surface area contributed by atoms with Crippen LogP contribution in [0.1, 0.15) is 22.3 Å². The summed E-state index contributed by atoms with van der Waals surface area (Å²) in [5, 5.41) is 8.18. The maximum Gasteiger partial charge on any atom is 0.180 e. The van der Waals surface area contributed by atoms with Gasteiger partial charge >= 0.3 is 0 Å². The van der Waals surface area contributed by atoms with Gasteiger partial charge in [0.15, 0.2) is 19.6 Å². The molecule has 0 bridgehead atoms. The number of hydrogen-bond donors (Lipinski definition) is 0. The van der Waals surface area contributed by atoms with Crippen LogP contribution in [-0.2, 0) is 5.41 Å². The Balaban J connectivity index is 1.20. The van der Waals surface area contributed by atoms with Crippen LogP contribution in [-0.4, -0.2) is 8.07 Å². The third-order valence-corrected chi connectivity index (χ3v) is 18.7. The fraction of sp³-hybridized carbons (Fsp3) is 0.0196. The smallest absolute Gasteiger partial charge is 0.180 e. The Morgan fingerprint density at radius 1 is 0.446 bits per heavy atom. The van der Waals surface area contributed by atoms with E-state index in [0.29, 0.717) is 0 Å². The summed E-state index contributed by atoms with van der Waals surface area (Å²) in [6.07, 6.45) is 3.66. The van der Waals surface area contributed by atoms with Crippen molar-refractivity contribution >= 4 is 77.4 Å². The van der Waals surface area contributed by atoms with Crippen molar-refractivity contribution in [2.75, 3.05) is 4.90 Å². The van der Waals surface area contributed by atoms with Crippen LogP contribution >= 0.6 is 11.3 Å². The van der Waals surface area contributed by atoms with Crippen LogP contribution in [0.3, 0.4) is 0 Å². The molecule has 1 spiro atoms. The molecule has 3 aliphatic rings. The fourth-order valence-corrected chi connectivity index (χ4v) is 16.9. The predicted molar refractivity (Wildman–Crippen MR) is 232 cm³/mol. The maximum absolute atomic E-state index is 6.34. The first kappa shape index (κ1) is 30.6. The third kappa shape index (κ3) is 3.63. The second-order valence-corrected chi connectivity index (χ2v) is 20.0.